The van der Waals surface area contributed by atoms with Crippen molar-refractivity contribution >= 4 is 5.57 Å². The monoisotopic (exact) mass is 449 g/mol. The van der Waals surface area contributed by atoms with Crippen molar-refractivity contribution in [2.75, 3.05) is 0 Å². The Morgan fingerprint density at radius 3 is 2.29 bits per heavy atom. The molecule has 0 amide bonds. The summed E-state index contributed by atoms with van der Waals surface area (Å²) in [6.45, 7) is 3.82. The third kappa shape index (κ3) is 2.87. The summed E-state index contributed by atoms with van der Waals surface area (Å²) in [4.78, 5) is 12.8. The molecule has 0 bridgehead atoms. The number of nitriles is 1. The number of benzene rings is 3. The lowest BCUT2D eigenvalue weighted by Crippen LogP contribution is -2.59. The lowest BCUT2D eigenvalue weighted by molar-refractivity contribution is -0.576. The molecular weight excluding hydrogens is 426 g/mol. The van der Waals surface area contributed by atoms with Crippen molar-refractivity contribution in [3.63, 3.8) is 0 Å². The van der Waals surface area contributed by atoms with Crippen LogP contribution in [-0.2, 0) is 0 Å². The lowest BCUT2D eigenvalue weighted by Gasteiger charge is -2.46. The van der Waals surface area contributed by atoms with Crippen LogP contribution >= 0.6 is 0 Å². The summed E-state index contributed by atoms with van der Waals surface area (Å²) >= 11 is 0. The number of hydrogen-bond acceptors (Lipinski definition) is 5. The van der Waals surface area contributed by atoms with Crippen molar-refractivity contribution in [2.45, 2.75) is 31.4 Å². The van der Waals surface area contributed by atoms with E-state index in [9.17, 15) is 15.4 Å². The van der Waals surface area contributed by atoms with E-state index in [1.807, 2.05) is 92.7 Å². The van der Waals surface area contributed by atoms with Gasteiger partial charge in [-0.3, -0.25) is 10.1 Å². The Hall–Kier alpha value is -4.37. The molecule has 2 aliphatic rings. The Kier molecular flexibility index (Phi) is 4.98. The van der Waals surface area contributed by atoms with Crippen molar-refractivity contribution in [3.8, 4) is 11.8 Å². The van der Waals surface area contributed by atoms with Crippen molar-refractivity contribution in [2.24, 2.45) is 5.73 Å². The second-order valence-electron chi connectivity index (χ2n) is 8.79. The van der Waals surface area contributed by atoms with Crippen molar-refractivity contribution in [1.82, 2.24) is 0 Å². The molecule has 0 unspecified atom stereocenters. The highest BCUT2D eigenvalue weighted by Crippen LogP contribution is 2.59. The van der Waals surface area contributed by atoms with Gasteiger partial charge in [-0.05, 0) is 31.1 Å². The SMILES string of the molecule is CC1=C(c2ccccc2)C(C#N)=C(N)[C@]2([N+](=O)[O-])[C@H]1c1ccccc1O[C@H]2c1ccc(C)cc1. The average Bonchev–Trinajstić information content (AvgIpc) is 2.85. The van der Waals surface area contributed by atoms with Gasteiger partial charge in [0.25, 0.3) is 0 Å². The minimum atomic E-state index is -1.88. The van der Waals surface area contributed by atoms with Crippen LogP contribution in [-0.4, -0.2) is 10.5 Å². The summed E-state index contributed by atoms with van der Waals surface area (Å²) in [5, 5.41) is 23.3. The molecule has 0 fully saturated rings. The predicted molar refractivity (Wildman–Crippen MR) is 129 cm³/mol. The third-order valence-electron chi connectivity index (χ3n) is 6.95. The third-order valence-corrected chi connectivity index (χ3v) is 6.95. The number of ether oxygens (including phenoxy) is 1. The summed E-state index contributed by atoms with van der Waals surface area (Å²) in [6, 6.07) is 26.5. The van der Waals surface area contributed by atoms with E-state index in [4.69, 9.17) is 10.5 Å². The second-order valence-corrected chi connectivity index (χ2v) is 8.79. The Bertz CT molecular complexity index is 1400. The first-order valence-electron chi connectivity index (χ1n) is 11.0. The first kappa shape index (κ1) is 21.5. The topological polar surface area (TPSA) is 102 Å². The van der Waals surface area contributed by atoms with Crippen LogP contribution in [0.1, 0.15) is 41.2 Å². The maximum Gasteiger partial charge on any atom is 0.312 e. The number of allylic oxidation sites excluding steroid dienone is 2. The predicted octanol–water partition coefficient (Wildman–Crippen LogP) is 5.45. The Morgan fingerprint density at radius 1 is 1.00 bits per heavy atom. The molecule has 1 aliphatic carbocycles. The molecule has 3 atom stereocenters. The van der Waals surface area contributed by atoms with E-state index in [1.54, 1.807) is 0 Å². The van der Waals surface area contributed by atoms with Gasteiger partial charge in [0.1, 0.15) is 17.5 Å². The van der Waals surface area contributed by atoms with E-state index >= 15 is 0 Å². The molecule has 0 saturated heterocycles. The highest BCUT2D eigenvalue weighted by Gasteiger charge is 2.67. The van der Waals surface area contributed by atoms with Gasteiger partial charge in [0.2, 0.25) is 6.10 Å². The van der Waals surface area contributed by atoms with Crippen LogP contribution in [0.4, 0.5) is 0 Å². The van der Waals surface area contributed by atoms with Crippen molar-refractivity contribution < 1.29 is 9.66 Å². The zero-order valence-electron chi connectivity index (χ0n) is 18.9. The first-order valence-corrected chi connectivity index (χ1v) is 11.0. The number of nitrogens with zero attached hydrogens (tertiary/aromatic N) is 2. The smallest absolute Gasteiger partial charge is 0.312 e. The van der Waals surface area contributed by atoms with E-state index in [2.05, 4.69) is 6.07 Å². The normalized spacial score (nSPS) is 23.4. The minimum absolute atomic E-state index is 0.0745. The summed E-state index contributed by atoms with van der Waals surface area (Å²) in [5.74, 6) is -0.137. The van der Waals surface area contributed by atoms with Gasteiger partial charge in [0.05, 0.1) is 11.5 Å². The molecule has 3 aromatic carbocycles. The highest BCUT2D eigenvalue weighted by molar-refractivity contribution is 5.89. The summed E-state index contributed by atoms with van der Waals surface area (Å²) < 4.78 is 6.36. The molecule has 0 aromatic heterocycles. The van der Waals surface area contributed by atoms with E-state index in [0.717, 1.165) is 16.7 Å². The molecule has 2 N–H and O–H groups in total. The number of aryl methyl sites for hydroxylation is 1. The van der Waals surface area contributed by atoms with Crippen LogP contribution in [0, 0.1) is 28.4 Å². The van der Waals surface area contributed by atoms with E-state index in [-0.39, 0.29) is 16.2 Å². The van der Waals surface area contributed by atoms with E-state index in [1.165, 1.54) is 0 Å². The number of fused-ring (bicyclic) bond motifs is 3. The number of hydrogen-bond donors (Lipinski definition) is 1. The zero-order valence-corrected chi connectivity index (χ0v) is 18.9. The van der Waals surface area contributed by atoms with Crippen molar-refractivity contribution in [1.29, 1.82) is 5.26 Å². The molecule has 34 heavy (non-hydrogen) atoms. The van der Waals surface area contributed by atoms with Gasteiger partial charge in [0, 0.05) is 21.6 Å². The van der Waals surface area contributed by atoms with E-state index < -0.39 is 17.6 Å². The quantitative estimate of drug-likeness (QED) is 0.423. The van der Waals surface area contributed by atoms with Crippen LogP contribution in [0.3, 0.4) is 0 Å². The van der Waals surface area contributed by atoms with Crippen LogP contribution in [0.2, 0.25) is 0 Å². The molecule has 6 nitrogen and oxygen atoms in total. The molecule has 5 rings (SSSR count). The zero-order chi connectivity index (χ0) is 24.0. The molecule has 0 saturated carbocycles. The average molecular weight is 450 g/mol. The molecule has 168 valence electrons. The Balaban J connectivity index is 1.89. The fourth-order valence-corrected chi connectivity index (χ4v) is 5.42. The van der Waals surface area contributed by atoms with Gasteiger partial charge >= 0.3 is 5.54 Å². The minimum Gasteiger partial charge on any atom is -0.477 e. The van der Waals surface area contributed by atoms with E-state index in [0.29, 0.717) is 22.4 Å². The van der Waals surface area contributed by atoms with Gasteiger partial charge in [-0.2, -0.15) is 5.26 Å². The molecule has 0 spiro atoms. The maximum absolute atomic E-state index is 13.1. The van der Waals surface area contributed by atoms with Crippen LogP contribution in [0.5, 0.6) is 5.75 Å². The maximum atomic E-state index is 13.1. The van der Waals surface area contributed by atoms with Gasteiger partial charge in [-0.15, -0.1) is 0 Å². The first-order chi connectivity index (χ1) is 16.4. The highest BCUT2D eigenvalue weighted by atomic mass is 16.6. The Morgan fingerprint density at radius 2 is 1.65 bits per heavy atom. The number of para-hydroxylation sites is 1. The molecule has 1 aliphatic heterocycles. The molecule has 0 radical (unpaired) electrons. The van der Waals surface area contributed by atoms with Crippen LogP contribution in [0.25, 0.3) is 5.57 Å². The fourth-order valence-electron chi connectivity index (χ4n) is 5.42. The summed E-state index contributed by atoms with van der Waals surface area (Å²) in [5.41, 5.74) is 9.37. The number of nitro groups is 1. The van der Waals surface area contributed by atoms with Crippen LogP contribution < -0.4 is 10.5 Å². The molecule has 6 heteroatoms. The summed E-state index contributed by atoms with van der Waals surface area (Å²) in [6.07, 6.45) is -1.02. The summed E-state index contributed by atoms with van der Waals surface area (Å²) in [7, 11) is 0. The largest absolute Gasteiger partial charge is 0.477 e. The molecule has 1 heterocycles. The number of nitrogens with two attached hydrogens (primary N) is 1. The van der Waals surface area contributed by atoms with Gasteiger partial charge in [-0.25, -0.2) is 0 Å². The number of rotatable bonds is 3. The molecular formula is C28H23N3O3. The fraction of sp³-hybridized carbons (Fsp3) is 0.179. The van der Waals surface area contributed by atoms with Crippen LogP contribution in [0.15, 0.2) is 95.7 Å². The van der Waals surface area contributed by atoms with Gasteiger partial charge in [-0.1, -0.05) is 78.4 Å². The Labute approximate surface area is 197 Å². The lowest BCUT2D eigenvalue weighted by atomic mass is 9.61. The standard InChI is InChI=1S/C28H23N3O3/c1-17-12-14-20(15-13-17)27-28(31(32)33)25(21-10-6-7-11-23(21)34-27)18(2)24(22(16-29)26(28)30)19-8-4-3-5-9-19/h3-15,25,27H,30H2,1-2H3/t25-,27+,28-/m1/s1. The molecule has 3 aromatic rings. The van der Waals surface area contributed by atoms with Gasteiger partial charge in [0.15, 0.2) is 0 Å². The second kappa shape index (κ2) is 7.89. The van der Waals surface area contributed by atoms with Gasteiger partial charge < -0.3 is 10.5 Å². The van der Waals surface area contributed by atoms with Crippen molar-refractivity contribution in [3.05, 3.63) is 128 Å².